The molecule has 98 valence electrons. The van der Waals surface area contributed by atoms with E-state index in [-0.39, 0.29) is 0 Å². The fourth-order valence-corrected chi connectivity index (χ4v) is 2.36. The van der Waals surface area contributed by atoms with Crippen LogP contribution in [-0.4, -0.2) is 4.58 Å². The van der Waals surface area contributed by atoms with Crippen molar-refractivity contribution in [2.24, 2.45) is 0 Å². The van der Waals surface area contributed by atoms with Gasteiger partial charge in [-0.3, -0.25) is 0 Å². The molecule has 0 aliphatic rings. The Morgan fingerprint density at radius 2 is 1.00 bits per heavy atom. The normalized spacial score (nSPS) is 11.2. The number of rotatable bonds is 12. The van der Waals surface area contributed by atoms with Gasteiger partial charge in [-0.15, -0.1) is 0 Å². The van der Waals surface area contributed by atoms with Gasteiger partial charge >= 0.3 is 0 Å². The molecule has 0 nitrogen and oxygen atoms in total. The van der Waals surface area contributed by atoms with E-state index in [0.717, 1.165) is 6.42 Å². The summed E-state index contributed by atoms with van der Waals surface area (Å²) in [6.45, 7) is 2.28. The quantitative estimate of drug-likeness (QED) is 0.245. The zero-order chi connectivity index (χ0) is 12.1. The average Bonchev–Trinajstić information content (AvgIpc) is 2.25. The first-order chi connectivity index (χ1) is 7.77. The van der Waals surface area contributed by atoms with E-state index >= 15 is 0 Å². The van der Waals surface area contributed by atoms with Crippen molar-refractivity contribution in [1.82, 2.24) is 0 Å². The molecule has 0 heterocycles. The highest BCUT2D eigenvalue weighted by molar-refractivity contribution is 7.99. The van der Waals surface area contributed by atoms with Crippen molar-refractivity contribution in [3.8, 4) is 0 Å². The molecule has 0 aromatic carbocycles. The molecule has 0 saturated heterocycles. The van der Waals surface area contributed by atoms with E-state index in [1.54, 1.807) is 0 Å². The van der Waals surface area contributed by atoms with Crippen molar-refractivity contribution in [1.29, 1.82) is 0 Å². The molecule has 0 radical (unpaired) electrons. The summed E-state index contributed by atoms with van der Waals surface area (Å²) in [5.74, 6) is 0. The second kappa shape index (κ2) is 13.8. The summed E-state index contributed by atoms with van der Waals surface area (Å²) < 4.78 is 0.290. The molecule has 0 aliphatic heterocycles. The molecule has 0 atom stereocenters. The topological polar surface area (TPSA) is 0 Å². The Kier molecular flexibility index (Phi) is 14.4. The first-order valence-corrected chi connectivity index (χ1v) is 8.16. The predicted octanol–water partition coefficient (Wildman–Crippen LogP) is 5.87. The van der Waals surface area contributed by atoms with E-state index in [4.69, 9.17) is 0 Å². The number of hydrogen-bond acceptors (Lipinski definition) is 2. The standard InChI is InChI=1S/C14H30S2/c1-2-3-4-5-6-7-8-9-10-11-12-13-14(15)16/h14-16H,2-13H2,1H3. The predicted molar refractivity (Wildman–Crippen MR) is 82.8 cm³/mol. The van der Waals surface area contributed by atoms with Crippen molar-refractivity contribution in [2.75, 3.05) is 0 Å². The van der Waals surface area contributed by atoms with Crippen molar-refractivity contribution >= 4 is 25.3 Å². The largest absolute Gasteiger partial charge is 0.165 e. The molecule has 0 amide bonds. The van der Waals surface area contributed by atoms with Gasteiger partial charge in [0.05, 0.1) is 0 Å². The van der Waals surface area contributed by atoms with Crippen molar-refractivity contribution < 1.29 is 0 Å². The molecule has 0 unspecified atom stereocenters. The molecule has 0 spiro atoms. The maximum atomic E-state index is 4.26. The second-order valence-corrected chi connectivity index (χ2v) is 6.46. The van der Waals surface area contributed by atoms with Crippen LogP contribution in [-0.2, 0) is 0 Å². The molecule has 16 heavy (non-hydrogen) atoms. The Hall–Kier alpha value is 0.700. The lowest BCUT2D eigenvalue weighted by Crippen LogP contribution is -1.87. The zero-order valence-electron chi connectivity index (χ0n) is 11.0. The molecular formula is C14H30S2. The average molecular weight is 263 g/mol. The molecule has 0 rings (SSSR count). The summed E-state index contributed by atoms with van der Waals surface area (Å²) in [4.78, 5) is 0. The van der Waals surface area contributed by atoms with Crippen LogP contribution in [0.5, 0.6) is 0 Å². The van der Waals surface area contributed by atoms with Gasteiger partial charge in [0.15, 0.2) is 0 Å². The third kappa shape index (κ3) is 14.7. The Labute approximate surface area is 114 Å². The van der Waals surface area contributed by atoms with E-state index in [0.29, 0.717) is 4.58 Å². The Morgan fingerprint density at radius 3 is 1.38 bits per heavy atom. The second-order valence-electron chi connectivity index (χ2n) is 4.80. The van der Waals surface area contributed by atoms with Gasteiger partial charge in [0.1, 0.15) is 0 Å². The van der Waals surface area contributed by atoms with E-state index < -0.39 is 0 Å². The van der Waals surface area contributed by atoms with Crippen LogP contribution in [0.2, 0.25) is 0 Å². The van der Waals surface area contributed by atoms with E-state index in [9.17, 15) is 0 Å². The SMILES string of the molecule is CCCCCCCCCCCCCC(S)S. The van der Waals surface area contributed by atoms with Crippen LogP contribution in [0.25, 0.3) is 0 Å². The minimum atomic E-state index is 0.290. The lowest BCUT2D eigenvalue weighted by Gasteiger charge is -2.03. The molecule has 0 aromatic heterocycles. The van der Waals surface area contributed by atoms with Gasteiger partial charge in [-0.05, 0) is 6.42 Å². The third-order valence-corrected chi connectivity index (χ3v) is 3.58. The van der Waals surface area contributed by atoms with E-state index in [1.807, 2.05) is 0 Å². The van der Waals surface area contributed by atoms with Gasteiger partial charge in [0.2, 0.25) is 0 Å². The third-order valence-electron chi connectivity index (χ3n) is 3.07. The maximum Gasteiger partial charge on any atom is 0.0442 e. The van der Waals surface area contributed by atoms with E-state index in [2.05, 4.69) is 32.2 Å². The van der Waals surface area contributed by atoms with Crippen LogP contribution in [0.3, 0.4) is 0 Å². The van der Waals surface area contributed by atoms with Crippen molar-refractivity contribution in [2.45, 2.75) is 88.6 Å². The van der Waals surface area contributed by atoms with Crippen LogP contribution in [0.15, 0.2) is 0 Å². The van der Waals surface area contributed by atoms with Crippen LogP contribution >= 0.6 is 25.3 Å². The van der Waals surface area contributed by atoms with Crippen LogP contribution in [0.1, 0.15) is 84.0 Å². The summed E-state index contributed by atoms with van der Waals surface area (Å²) in [5.41, 5.74) is 0. The van der Waals surface area contributed by atoms with Crippen LogP contribution in [0.4, 0.5) is 0 Å². The number of thiol groups is 2. The molecule has 0 N–H and O–H groups in total. The molecule has 0 saturated carbocycles. The first kappa shape index (κ1) is 16.7. The van der Waals surface area contributed by atoms with Crippen LogP contribution < -0.4 is 0 Å². The first-order valence-electron chi connectivity index (χ1n) is 7.13. The summed E-state index contributed by atoms with van der Waals surface area (Å²) in [6.07, 6.45) is 16.7. The number of hydrogen-bond donors (Lipinski definition) is 2. The fourth-order valence-electron chi connectivity index (χ4n) is 1.99. The van der Waals surface area contributed by atoms with Gasteiger partial charge in [0, 0.05) is 4.58 Å². The minimum absolute atomic E-state index is 0.290. The molecule has 0 aromatic rings. The summed E-state index contributed by atoms with van der Waals surface area (Å²) >= 11 is 8.52. The van der Waals surface area contributed by atoms with Gasteiger partial charge in [-0.1, -0.05) is 77.6 Å². The smallest absolute Gasteiger partial charge is 0.0442 e. The molecule has 2 heteroatoms. The van der Waals surface area contributed by atoms with Gasteiger partial charge in [0.25, 0.3) is 0 Å². The highest BCUT2D eigenvalue weighted by Crippen LogP contribution is 2.14. The van der Waals surface area contributed by atoms with Gasteiger partial charge in [-0.25, -0.2) is 0 Å². The van der Waals surface area contributed by atoms with E-state index in [1.165, 1.54) is 70.6 Å². The highest BCUT2D eigenvalue weighted by Gasteiger charge is 1.96. The lowest BCUT2D eigenvalue weighted by atomic mass is 10.1. The minimum Gasteiger partial charge on any atom is -0.165 e. The Bertz CT molecular complexity index is 124. The molecule has 0 aliphatic carbocycles. The van der Waals surface area contributed by atoms with Crippen LogP contribution in [0, 0.1) is 0 Å². The van der Waals surface area contributed by atoms with Crippen molar-refractivity contribution in [3.63, 3.8) is 0 Å². The molecular weight excluding hydrogens is 232 g/mol. The fraction of sp³-hybridized carbons (Fsp3) is 1.00. The highest BCUT2D eigenvalue weighted by atomic mass is 32.2. The maximum absolute atomic E-state index is 4.26. The zero-order valence-corrected chi connectivity index (χ0v) is 12.7. The lowest BCUT2D eigenvalue weighted by molar-refractivity contribution is 0.547. The summed E-state index contributed by atoms with van der Waals surface area (Å²) in [5, 5.41) is 0. The monoisotopic (exact) mass is 262 g/mol. The Morgan fingerprint density at radius 1 is 0.625 bits per heavy atom. The summed E-state index contributed by atoms with van der Waals surface area (Å²) in [6, 6.07) is 0. The summed E-state index contributed by atoms with van der Waals surface area (Å²) in [7, 11) is 0. The van der Waals surface area contributed by atoms with Gasteiger partial charge < -0.3 is 0 Å². The number of unbranched alkanes of at least 4 members (excludes halogenated alkanes) is 10. The Balaban J connectivity index is 2.88. The van der Waals surface area contributed by atoms with Gasteiger partial charge in [-0.2, -0.15) is 25.3 Å². The molecule has 0 fully saturated rings. The van der Waals surface area contributed by atoms with Crippen molar-refractivity contribution in [3.05, 3.63) is 0 Å². The molecule has 0 bridgehead atoms.